The number of unbranched alkanes of at least 4 members (excludes halogenated alkanes) is 1. The van der Waals surface area contributed by atoms with Gasteiger partial charge >= 0.3 is 0 Å². The van der Waals surface area contributed by atoms with E-state index < -0.39 is 5.41 Å². The van der Waals surface area contributed by atoms with E-state index in [1.807, 2.05) is 30.3 Å². The molecule has 1 saturated heterocycles. The van der Waals surface area contributed by atoms with E-state index in [1.54, 1.807) is 0 Å². The van der Waals surface area contributed by atoms with Gasteiger partial charge in [-0.1, -0.05) is 80.1 Å². The van der Waals surface area contributed by atoms with Gasteiger partial charge in [0.1, 0.15) is 5.41 Å². The number of rotatable bonds is 10. The molecule has 1 heterocycles. The quantitative estimate of drug-likeness (QED) is 0.353. The molecular formula is C33H39N3O2. The predicted molar refractivity (Wildman–Crippen MR) is 153 cm³/mol. The van der Waals surface area contributed by atoms with Crippen LogP contribution in [-0.2, 0) is 10.2 Å². The van der Waals surface area contributed by atoms with Crippen molar-refractivity contribution < 1.29 is 9.59 Å². The van der Waals surface area contributed by atoms with Gasteiger partial charge in [0, 0.05) is 31.2 Å². The molecule has 1 fully saturated rings. The summed E-state index contributed by atoms with van der Waals surface area (Å²) in [6.45, 7) is 5.80. The van der Waals surface area contributed by atoms with Gasteiger partial charge in [-0.25, -0.2) is 0 Å². The summed E-state index contributed by atoms with van der Waals surface area (Å²) in [6, 6.07) is 26.6. The van der Waals surface area contributed by atoms with E-state index in [-0.39, 0.29) is 17.9 Å². The molecule has 0 saturated carbocycles. The molecule has 0 atom stereocenters. The van der Waals surface area contributed by atoms with Crippen LogP contribution in [0.3, 0.4) is 0 Å². The molecule has 2 N–H and O–H groups in total. The maximum Gasteiger partial charge on any atom is 0.251 e. The van der Waals surface area contributed by atoms with Crippen molar-refractivity contribution in [1.29, 1.82) is 0 Å². The van der Waals surface area contributed by atoms with Gasteiger partial charge in [-0.3, -0.25) is 9.59 Å². The molecule has 38 heavy (non-hydrogen) atoms. The molecule has 5 heteroatoms. The molecule has 198 valence electrons. The van der Waals surface area contributed by atoms with Gasteiger partial charge in [0.15, 0.2) is 0 Å². The number of carbonyl (C=O) groups is 2. The zero-order valence-electron chi connectivity index (χ0n) is 22.4. The number of nitrogens with zero attached hydrogens (tertiary/aromatic N) is 1. The lowest BCUT2D eigenvalue weighted by molar-refractivity contribution is -0.125. The number of carbonyl (C=O) groups excluding carboxylic acids is 2. The molecule has 5 rings (SSSR count). The van der Waals surface area contributed by atoms with Crippen molar-refractivity contribution >= 4 is 11.8 Å². The molecule has 0 bridgehead atoms. The third kappa shape index (κ3) is 5.25. The predicted octanol–water partition coefficient (Wildman–Crippen LogP) is 5.54. The first-order valence-electron chi connectivity index (χ1n) is 14.2. The zero-order valence-corrected chi connectivity index (χ0v) is 22.4. The summed E-state index contributed by atoms with van der Waals surface area (Å²) < 4.78 is 0. The van der Waals surface area contributed by atoms with E-state index in [0.29, 0.717) is 6.54 Å². The molecule has 0 radical (unpaired) electrons. The Morgan fingerprint density at radius 2 is 1.45 bits per heavy atom. The van der Waals surface area contributed by atoms with Gasteiger partial charge in [0.25, 0.3) is 5.91 Å². The second-order valence-electron chi connectivity index (χ2n) is 10.7. The van der Waals surface area contributed by atoms with E-state index in [0.717, 1.165) is 74.8 Å². The van der Waals surface area contributed by atoms with E-state index in [1.165, 1.54) is 11.1 Å². The second kappa shape index (κ2) is 12.0. The molecule has 0 unspecified atom stereocenters. The summed E-state index contributed by atoms with van der Waals surface area (Å²) in [6.07, 6.45) is 5.71. The smallest absolute Gasteiger partial charge is 0.251 e. The fraction of sp³-hybridized carbons (Fsp3) is 0.394. The fourth-order valence-corrected chi connectivity index (χ4v) is 6.23. The average Bonchev–Trinajstić information content (AvgIpc) is 3.26. The lowest BCUT2D eigenvalue weighted by atomic mass is 9.73. The molecule has 1 aliphatic carbocycles. The monoisotopic (exact) mass is 509 g/mol. The summed E-state index contributed by atoms with van der Waals surface area (Å²) >= 11 is 0. The first-order chi connectivity index (χ1) is 18.6. The summed E-state index contributed by atoms with van der Waals surface area (Å²) in [5.74, 6) is 0.152. The maximum absolute atomic E-state index is 13.8. The van der Waals surface area contributed by atoms with Gasteiger partial charge in [-0.05, 0) is 73.0 Å². The van der Waals surface area contributed by atoms with Crippen molar-refractivity contribution in [1.82, 2.24) is 15.5 Å². The van der Waals surface area contributed by atoms with Crippen LogP contribution >= 0.6 is 0 Å². The number of likely N-dealkylation sites (tertiary alicyclic amines) is 1. The molecule has 3 aromatic carbocycles. The summed E-state index contributed by atoms with van der Waals surface area (Å²) in [7, 11) is 0. The minimum Gasteiger partial charge on any atom is -0.355 e. The van der Waals surface area contributed by atoms with Gasteiger partial charge in [0.2, 0.25) is 5.91 Å². The molecular weight excluding hydrogens is 470 g/mol. The van der Waals surface area contributed by atoms with E-state index in [2.05, 4.69) is 71.0 Å². The van der Waals surface area contributed by atoms with E-state index in [9.17, 15) is 9.59 Å². The van der Waals surface area contributed by atoms with Crippen LogP contribution in [0.25, 0.3) is 11.1 Å². The van der Waals surface area contributed by atoms with Crippen molar-refractivity contribution in [2.45, 2.75) is 56.9 Å². The molecule has 0 spiro atoms. The fourth-order valence-electron chi connectivity index (χ4n) is 6.23. The number of fused-ring (bicyclic) bond motifs is 3. The zero-order chi connectivity index (χ0) is 26.4. The number of benzene rings is 3. The highest BCUT2D eigenvalue weighted by molar-refractivity contribution is 6.00. The first kappa shape index (κ1) is 26.2. The number of nitrogens with one attached hydrogen (secondary N) is 2. The molecule has 1 aliphatic heterocycles. The van der Waals surface area contributed by atoms with Gasteiger partial charge in [0.05, 0.1) is 0 Å². The van der Waals surface area contributed by atoms with Crippen LogP contribution in [0.1, 0.15) is 66.9 Å². The Kier molecular flexibility index (Phi) is 8.23. The average molecular weight is 510 g/mol. The van der Waals surface area contributed by atoms with Crippen LogP contribution in [0, 0.1) is 0 Å². The van der Waals surface area contributed by atoms with Crippen molar-refractivity contribution in [3.05, 3.63) is 95.6 Å². The SMILES string of the molecule is CCCNC(=O)C1(CCCCN2CCC(NC(=O)c3ccccc3)CC2)c2ccccc2-c2ccccc21. The Morgan fingerprint density at radius 3 is 2.08 bits per heavy atom. The maximum atomic E-state index is 13.8. The molecule has 2 aliphatic rings. The van der Waals surface area contributed by atoms with E-state index >= 15 is 0 Å². The lowest BCUT2D eigenvalue weighted by Gasteiger charge is -2.33. The molecule has 2 amide bonds. The minimum atomic E-state index is -0.628. The van der Waals surface area contributed by atoms with Crippen molar-refractivity contribution in [3.63, 3.8) is 0 Å². The Labute approximate surface area is 226 Å². The standard InChI is InChI=1S/C33H39N3O2/c1-2-21-34-32(38)33(29-16-8-6-14-27(29)28-15-7-9-17-30(28)33)20-10-11-22-36-23-18-26(19-24-36)35-31(37)25-12-4-3-5-13-25/h3-9,12-17,26H,2,10-11,18-24H2,1H3,(H,34,38)(H,35,37). The van der Waals surface area contributed by atoms with Gasteiger partial charge in [-0.2, -0.15) is 0 Å². The highest BCUT2D eigenvalue weighted by Crippen LogP contribution is 2.51. The highest BCUT2D eigenvalue weighted by atomic mass is 16.2. The van der Waals surface area contributed by atoms with Gasteiger partial charge in [-0.15, -0.1) is 0 Å². The number of amides is 2. The first-order valence-corrected chi connectivity index (χ1v) is 14.2. The Morgan fingerprint density at radius 1 is 0.842 bits per heavy atom. The van der Waals surface area contributed by atoms with Crippen molar-refractivity contribution in [2.75, 3.05) is 26.2 Å². The molecule has 5 nitrogen and oxygen atoms in total. The number of hydrogen-bond acceptors (Lipinski definition) is 3. The molecule has 3 aromatic rings. The topological polar surface area (TPSA) is 61.4 Å². The normalized spacial score (nSPS) is 16.4. The molecule has 0 aromatic heterocycles. The van der Waals surface area contributed by atoms with Crippen LogP contribution in [0.5, 0.6) is 0 Å². The van der Waals surface area contributed by atoms with Crippen LogP contribution in [0.15, 0.2) is 78.9 Å². The van der Waals surface area contributed by atoms with Gasteiger partial charge < -0.3 is 15.5 Å². The minimum absolute atomic E-state index is 0.0211. The third-order valence-electron chi connectivity index (χ3n) is 8.22. The van der Waals surface area contributed by atoms with Crippen molar-refractivity contribution in [3.8, 4) is 11.1 Å². The summed E-state index contributed by atoms with van der Waals surface area (Å²) in [4.78, 5) is 28.8. The van der Waals surface area contributed by atoms with Crippen LogP contribution in [0.2, 0.25) is 0 Å². The van der Waals surface area contributed by atoms with Crippen LogP contribution in [0.4, 0.5) is 0 Å². The van der Waals surface area contributed by atoms with Crippen molar-refractivity contribution in [2.24, 2.45) is 0 Å². The largest absolute Gasteiger partial charge is 0.355 e. The lowest BCUT2D eigenvalue weighted by Crippen LogP contribution is -2.45. The Hall–Kier alpha value is -3.44. The third-order valence-corrected chi connectivity index (χ3v) is 8.22. The van der Waals surface area contributed by atoms with Crippen LogP contribution < -0.4 is 10.6 Å². The Balaban J connectivity index is 1.19. The second-order valence-corrected chi connectivity index (χ2v) is 10.7. The van der Waals surface area contributed by atoms with E-state index in [4.69, 9.17) is 0 Å². The number of hydrogen-bond donors (Lipinski definition) is 2. The summed E-state index contributed by atoms with van der Waals surface area (Å²) in [5.41, 5.74) is 4.76. The Bertz CT molecular complexity index is 1200. The highest BCUT2D eigenvalue weighted by Gasteiger charge is 2.48. The number of piperidine rings is 1. The summed E-state index contributed by atoms with van der Waals surface area (Å²) in [5, 5.41) is 6.44. The van der Waals surface area contributed by atoms with Crippen LogP contribution in [-0.4, -0.2) is 48.9 Å².